The van der Waals surface area contributed by atoms with Crippen LogP contribution in [0.4, 0.5) is 0 Å². The molecular formula is C14H23N5. The second-order valence-electron chi connectivity index (χ2n) is 6.54. The summed E-state index contributed by atoms with van der Waals surface area (Å²) >= 11 is 0. The van der Waals surface area contributed by atoms with Crippen molar-refractivity contribution in [3.8, 4) is 0 Å². The SMILES string of the molecule is CN1CCC(N2CC(n3cc(C4CC4)nn3)C2)CC1. The van der Waals surface area contributed by atoms with Crippen LogP contribution in [0.15, 0.2) is 6.20 Å². The van der Waals surface area contributed by atoms with E-state index in [-0.39, 0.29) is 0 Å². The lowest BCUT2D eigenvalue weighted by Crippen LogP contribution is -2.55. The van der Waals surface area contributed by atoms with Gasteiger partial charge in [0.25, 0.3) is 0 Å². The Morgan fingerprint density at radius 2 is 1.79 bits per heavy atom. The van der Waals surface area contributed by atoms with Crippen LogP contribution in [-0.4, -0.2) is 64.1 Å². The van der Waals surface area contributed by atoms with E-state index < -0.39 is 0 Å². The molecule has 3 fully saturated rings. The zero-order chi connectivity index (χ0) is 12.8. The molecule has 0 atom stereocenters. The van der Waals surface area contributed by atoms with E-state index in [0.717, 1.165) is 12.0 Å². The zero-order valence-electron chi connectivity index (χ0n) is 11.7. The number of rotatable bonds is 3. The summed E-state index contributed by atoms with van der Waals surface area (Å²) in [6.45, 7) is 4.84. The van der Waals surface area contributed by atoms with Crippen LogP contribution in [0.2, 0.25) is 0 Å². The Morgan fingerprint density at radius 3 is 2.47 bits per heavy atom. The maximum Gasteiger partial charge on any atom is 0.0858 e. The largest absolute Gasteiger partial charge is 0.306 e. The fraction of sp³-hybridized carbons (Fsp3) is 0.857. The quantitative estimate of drug-likeness (QED) is 0.817. The Morgan fingerprint density at radius 1 is 1.05 bits per heavy atom. The van der Waals surface area contributed by atoms with E-state index in [4.69, 9.17) is 0 Å². The standard InChI is InChI=1S/C14H23N5/c1-17-6-4-12(5-7-17)18-8-13(9-18)19-10-14(15-16-19)11-2-3-11/h10-13H,2-9H2,1H3. The number of likely N-dealkylation sites (tertiary alicyclic amines) is 2. The van der Waals surface area contributed by atoms with Crippen LogP contribution in [0.3, 0.4) is 0 Å². The minimum Gasteiger partial charge on any atom is -0.306 e. The van der Waals surface area contributed by atoms with Crippen molar-refractivity contribution in [1.82, 2.24) is 24.8 Å². The molecule has 1 aliphatic carbocycles. The van der Waals surface area contributed by atoms with Gasteiger partial charge in [0, 0.05) is 31.2 Å². The van der Waals surface area contributed by atoms with E-state index in [1.54, 1.807) is 0 Å². The molecule has 3 aliphatic rings. The fourth-order valence-electron chi connectivity index (χ4n) is 3.35. The smallest absolute Gasteiger partial charge is 0.0858 e. The molecule has 0 bridgehead atoms. The molecule has 5 heteroatoms. The third kappa shape index (κ3) is 2.30. The zero-order valence-corrected chi connectivity index (χ0v) is 11.7. The van der Waals surface area contributed by atoms with E-state index in [1.807, 2.05) is 0 Å². The van der Waals surface area contributed by atoms with Gasteiger partial charge in [-0.05, 0) is 45.8 Å². The van der Waals surface area contributed by atoms with Crippen LogP contribution in [0, 0.1) is 0 Å². The van der Waals surface area contributed by atoms with Gasteiger partial charge < -0.3 is 4.90 Å². The van der Waals surface area contributed by atoms with Crippen molar-refractivity contribution in [2.45, 2.75) is 43.7 Å². The summed E-state index contributed by atoms with van der Waals surface area (Å²) in [7, 11) is 2.23. The number of hydrogen-bond acceptors (Lipinski definition) is 4. The highest BCUT2D eigenvalue weighted by molar-refractivity contribution is 5.10. The molecule has 3 heterocycles. The van der Waals surface area contributed by atoms with Crippen molar-refractivity contribution < 1.29 is 0 Å². The molecule has 19 heavy (non-hydrogen) atoms. The Balaban J connectivity index is 1.31. The van der Waals surface area contributed by atoms with E-state index in [1.165, 1.54) is 57.6 Å². The second-order valence-corrected chi connectivity index (χ2v) is 6.54. The number of aromatic nitrogens is 3. The van der Waals surface area contributed by atoms with Crippen molar-refractivity contribution in [1.29, 1.82) is 0 Å². The third-order valence-corrected chi connectivity index (χ3v) is 4.99. The predicted octanol–water partition coefficient (Wildman–Crippen LogP) is 1.11. The average Bonchev–Trinajstić information content (AvgIpc) is 3.10. The summed E-state index contributed by atoms with van der Waals surface area (Å²) in [5, 5.41) is 8.64. The van der Waals surface area contributed by atoms with Crippen LogP contribution in [0.5, 0.6) is 0 Å². The second kappa shape index (κ2) is 4.56. The lowest BCUT2D eigenvalue weighted by molar-refractivity contribution is 0.0237. The van der Waals surface area contributed by atoms with Gasteiger partial charge in [-0.2, -0.15) is 0 Å². The van der Waals surface area contributed by atoms with Gasteiger partial charge in [0.2, 0.25) is 0 Å². The topological polar surface area (TPSA) is 37.2 Å². The number of piperidine rings is 1. The third-order valence-electron chi connectivity index (χ3n) is 4.99. The lowest BCUT2D eigenvalue weighted by atomic mass is 9.98. The van der Waals surface area contributed by atoms with Gasteiger partial charge in [-0.3, -0.25) is 4.90 Å². The first-order chi connectivity index (χ1) is 9.29. The van der Waals surface area contributed by atoms with Gasteiger partial charge in [-0.1, -0.05) is 5.21 Å². The molecule has 2 aliphatic heterocycles. The van der Waals surface area contributed by atoms with E-state index in [9.17, 15) is 0 Å². The van der Waals surface area contributed by atoms with Gasteiger partial charge in [0.05, 0.1) is 11.7 Å². The minimum absolute atomic E-state index is 0.569. The first-order valence-corrected chi connectivity index (χ1v) is 7.64. The summed E-state index contributed by atoms with van der Waals surface area (Å²) in [5.74, 6) is 0.721. The molecule has 1 aromatic rings. The molecular weight excluding hydrogens is 238 g/mol. The monoisotopic (exact) mass is 261 g/mol. The van der Waals surface area contributed by atoms with Crippen molar-refractivity contribution in [2.24, 2.45) is 0 Å². The van der Waals surface area contributed by atoms with Crippen LogP contribution in [0.1, 0.15) is 43.3 Å². The highest BCUT2D eigenvalue weighted by atomic mass is 15.5. The van der Waals surface area contributed by atoms with Crippen LogP contribution < -0.4 is 0 Å². The maximum absolute atomic E-state index is 4.32. The molecule has 104 valence electrons. The Labute approximate surface area is 114 Å². The maximum atomic E-state index is 4.32. The molecule has 1 saturated carbocycles. The molecule has 0 spiro atoms. The highest BCUT2D eigenvalue weighted by Crippen LogP contribution is 2.39. The summed E-state index contributed by atoms with van der Waals surface area (Å²) in [6.07, 6.45) is 7.46. The molecule has 0 amide bonds. The summed E-state index contributed by atoms with van der Waals surface area (Å²) < 4.78 is 2.11. The van der Waals surface area contributed by atoms with Gasteiger partial charge in [-0.15, -0.1) is 5.10 Å². The van der Waals surface area contributed by atoms with E-state index >= 15 is 0 Å². The average molecular weight is 261 g/mol. The predicted molar refractivity (Wildman–Crippen MR) is 73.1 cm³/mol. The minimum atomic E-state index is 0.569. The Bertz CT molecular complexity index is 438. The first-order valence-electron chi connectivity index (χ1n) is 7.64. The fourth-order valence-corrected chi connectivity index (χ4v) is 3.35. The van der Waals surface area contributed by atoms with E-state index in [2.05, 4.69) is 38.0 Å². The van der Waals surface area contributed by atoms with Crippen LogP contribution in [-0.2, 0) is 0 Å². The van der Waals surface area contributed by atoms with Gasteiger partial charge in [0.1, 0.15) is 0 Å². The van der Waals surface area contributed by atoms with Crippen LogP contribution in [0.25, 0.3) is 0 Å². The van der Waals surface area contributed by atoms with Crippen molar-refractivity contribution in [3.05, 3.63) is 11.9 Å². The highest BCUT2D eigenvalue weighted by Gasteiger charge is 2.36. The molecule has 5 nitrogen and oxygen atoms in total. The van der Waals surface area contributed by atoms with Crippen molar-refractivity contribution in [3.63, 3.8) is 0 Å². The molecule has 0 aromatic carbocycles. The number of hydrogen-bond donors (Lipinski definition) is 0. The molecule has 4 rings (SSSR count). The van der Waals surface area contributed by atoms with Crippen molar-refractivity contribution in [2.75, 3.05) is 33.2 Å². The molecule has 0 unspecified atom stereocenters. The van der Waals surface area contributed by atoms with E-state index in [0.29, 0.717) is 6.04 Å². The van der Waals surface area contributed by atoms with Crippen molar-refractivity contribution >= 4 is 0 Å². The number of nitrogens with zero attached hydrogens (tertiary/aromatic N) is 5. The van der Waals surface area contributed by atoms with Gasteiger partial charge >= 0.3 is 0 Å². The molecule has 2 saturated heterocycles. The Hall–Kier alpha value is -0.940. The summed E-state index contributed by atoms with van der Waals surface area (Å²) in [5.41, 5.74) is 1.22. The molecule has 0 N–H and O–H groups in total. The first kappa shape index (κ1) is 11.9. The summed E-state index contributed by atoms with van der Waals surface area (Å²) in [6, 6.07) is 1.37. The van der Waals surface area contributed by atoms with Crippen LogP contribution >= 0.6 is 0 Å². The molecule has 0 radical (unpaired) electrons. The normalized spacial score (nSPS) is 27.6. The van der Waals surface area contributed by atoms with Gasteiger partial charge in [0.15, 0.2) is 0 Å². The lowest BCUT2D eigenvalue weighted by Gasteiger charge is -2.46. The summed E-state index contributed by atoms with van der Waals surface area (Å²) in [4.78, 5) is 5.07. The molecule has 1 aromatic heterocycles. The Kier molecular flexibility index (Phi) is 2.84. The van der Waals surface area contributed by atoms with Gasteiger partial charge in [-0.25, -0.2) is 4.68 Å².